The van der Waals surface area contributed by atoms with Crippen LogP contribution in [0.2, 0.25) is 0 Å². The highest BCUT2D eigenvalue weighted by molar-refractivity contribution is 8.26. The van der Waals surface area contributed by atoms with Gasteiger partial charge in [-0.3, -0.25) is 9.69 Å². The van der Waals surface area contributed by atoms with E-state index in [0.717, 1.165) is 53.1 Å². The quantitative estimate of drug-likeness (QED) is 0.135. The van der Waals surface area contributed by atoms with E-state index in [9.17, 15) is 4.79 Å². The molecule has 7 heteroatoms. The number of thiocarbonyl (C=S) groups is 1. The summed E-state index contributed by atoms with van der Waals surface area (Å²) in [5, 5.41) is 4.95. The number of amides is 1. The molecule has 0 unspecified atom stereocenters. The van der Waals surface area contributed by atoms with Crippen LogP contribution in [0, 0.1) is 6.92 Å². The Morgan fingerprint density at radius 2 is 1.81 bits per heavy atom. The number of aryl methyl sites for hydroxylation is 1. The van der Waals surface area contributed by atoms with Crippen molar-refractivity contribution in [1.29, 1.82) is 0 Å². The minimum absolute atomic E-state index is 0.0102. The van der Waals surface area contributed by atoms with E-state index in [1.54, 1.807) is 4.90 Å². The molecule has 194 valence electrons. The summed E-state index contributed by atoms with van der Waals surface area (Å²) in [4.78, 5) is 15.7. The summed E-state index contributed by atoms with van der Waals surface area (Å²) >= 11 is 6.96. The molecule has 1 aliphatic rings. The molecule has 1 fully saturated rings. The van der Waals surface area contributed by atoms with Crippen molar-refractivity contribution in [2.75, 3.05) is 13.2 Å². The Morgan fingerprint density at radius 3 is 2.54 bits per heavy atom. The summed E-state index contributed by atoms with van der Waals surface area (Å²) in [5.41, 5.74) is 4.76. The Morgan fingerprint density at radius 1 is 1.03 bits per heavy atom. The van der Waals surface area contributed by atoms with Gasteiger partial charge in [0, 0.05) is 23.9 Å². The summed E-state index contributed by atoms with van der Waals surface area (Å²) < 4.78 is 8.33. The van der Waals surface area contributed by atoms with Gasteiger partial charge < -0.3 is 4.74 Å². The first-order valence-electron chi connectivity index (χ1n) is 13.2. The molecule has 0 spiro atoms. The number of aromatic nitrogens is 2. The second kappa shape index (κ2) is 13.1. The summed E-state index contributed by atoms with van der Waals surface area (Å²) in [6, 6.07) is 16.1. The molecule has 4 rings (SSSR count). The van der Waals surface area contributed by atoms with Crippen molar-refractivity contribution in [2.24, 2.45) is 0 Å². The third-order valence-electron chi connectivity index (χ3n) is 6.33. The predicted octanol–water partition coefficient (Wildman–Crippen LogP) is 7.81. The smallest absolute Gasteiger partial charge is 0.266 e. The molecule has 2 aromatic carbocycles. The van der Waals surface area contributed by atoms with Crippen LogP contribution in [-0.4, -0.2) is 38.1 Å². The molecule has 3 aromatic rings. The molecule has 5 nitrogen and oxygen atoms in total. The van der Waals surface area contributed by atoms with Gasteiger partial charge >= 0.3 is 0 Å². The monoisotopic (exact) mass is 533 g/mol. The van der Waals surface area contributed by atoms with Crippen LogP contribution in [0.1, 0.15) is 63.5 Å². The van der Waals surface area contributed by atoms with Crippen LogP contribution in [0.25, 0.3) is 23.0 Å². The van der Waals surface area contributed by atoms with Gasteiger partial charge in [0.15, 0.2) is 0 Å². The predicted molar refractivity (Wildman–Crippen MR) is 158 cm³/mol. The van der Waals surface area contributed by atoms with Crippen LogP contribution in [0.5, 0.6) is 5.75 Å². The van der Waals surface area contributed by atoms with E-state index >= 15 is 0 Å². The first kappa shape index (κ1) is 27.1. The number of hydrogen-bond acceptors (Lipinski definition) is 5. The molecule has 0 saturated carbocycles. The first-order valence-corrected chi connectivity index (χ1v) is 14.4. The highest BCUT2D eigenvalue weighted by Crippen LogP contribution is 2.36. The van der Waals surface area contributed by atoms with Crippen LogP contribution in [0.4, 0.5) is 0 Å². The first-order chi connectivity index (χ1) is 18.0. The minimum atomic E-state index is -0.0102. The van der Waals surface area contributed by atoms with Gasteiger partial charge in [0.2, 0.25) is 0 Å². The van der Waals surface area contributed by atoms with E-state index in [0.29, 0.717) is 22.4 Å². The van der Waals surface area contributed by atoms with E-state index in [-0.39, 0.29) is 5.91 Å². The second-order valence-electron chi connectivity index (χ2n) is 9.29. The van der Waals surface area contributed by atoms with E-state index in [1.165, 1.54) is 31.0 Å². The van der Waals surface area contributed by atoms with Gasteiger partial charge in [-0.15, -0.1) is 0 Å². The molecule has 1 aromatic heterocycles. The molecule has 0 bridgehead atoms. The van der Waals surface area contributed by atoms with Crippen molar-refractivity contribution >= 4 is 40.3 Å². The SMILES string of the molecule is CCCCCCCN1C(=O)C(=Cc2cn(-c3ccccc3)nc2-c2ccc(OCCC)cc2C)SC1=S. The Bertz CT molecular complexity index is 1270. The van der Waals surface area contributed by atoms with Crippen molar-refractivity contribution in [3.05, 3.63) is 70.8 Å². The average molecular weight is 534 g/mol. The van der Waals surface area contributed by atoms with Gasteiger partial charge in [0.25, 0.3) is 5.91 Å². The molecule has 0 atom stereocenters. The van der Waals surface area contributed by atoms with Gasteiger partial charge in [-0.25, -0.2) is 4.68 Å². The second-order valence-corrected chi connectivity index (χ2v) is 11.0. The zero-order valence-corrected chi connectivity index (χ0v) is 23.5. The lowest BCUT2D eigenvalue weighted by Crippen LogP contribution is -2.29. The minimum Gasteiger partial charge on any atom is -0.494 e. The Balaban J connectivity index is 1.65. The van der Waals surface area contributed by atoms with Crippen LogP contribution >= 0.6 is 24.0 Å². The number of ether oxygens (including phenoxy) is 1. The highest BCUT2D eigenvalue weighted by Gasteiger charge is 2.32. The van der Waals surface area contributed by atoms with Crippen molar-refractivity contribution in [3.8, 4) is 22.7 Å². The molecular formula is C30H35N3O2S2. The zero-order chi connectivity index (χ0) is 26.2. The fourth-order valence-corrected chi connectivity index (χ4v) is 5.63. The summed E-state index contributed by atoms with van der Waals surface area (Å²) in [5.74, 6) is 0.843. The topological polar surface area (TPSA) is 47.4 Å². The maximum absolute atomic E-state index is 13.3. The molecule has 1 amide bonds. The molecule has 1 aliphatic heterocycles. The highest BCUT2D eigenvalue weighted by atomic mass is 32.2. The van der Waals surface area contributed by atoms with Gasteiger partial charge in [-0.05, 0) is 61.7 Å². The van der Waals surface area contributed by atoms with Crippen molar-refractivity contribution in [3.63, 3.8) is 0 Å². The van der Waals surface area contributed by atoms with Gasteiger partial charge in [0.1, 0.15) is 15.8 Å². The van der Waals surface area contributed by atoms with E-state index in [1.807, 2.05) is 59.4 Å². The van der Waals surface area contributed by atoms with Gasteiger partial charge in [-0.2, -0.15) is 5.10 Å². The number of carbonyl (C=O) groups is 1. The summed E-state index contributed by atoms with van der Waals surface area (Å²) in [6.45, 7) is 7.74. The lowest BCUT2D eigenvalue weighted by molar-refractivity contribution is -0.122. The van der Waals surface area contributed by atoms with Crippen molar-refractivity contribution in [1.82, 2.24) is 14.7 Å². The van der Waals surface area contributed by atoms with Gasteiger partial charge in [-0.1, -0.05) is 81.7 Å². The standard InChI is InChI=1S/C30H35N3O2S2/c1-4-6-7-8-12-17-32-29(34)27(37-30(32)36)20-23-21-33(24-13-10-9-11-14-24)31-28(23)26-16-15-25(19-22(26)3)35-18-5-2/h9-11,13-16,19-21H,4-8,12,17-18H2,1-3H3. The van der Waals surface area contributed by atoms with Crippen molar-refractivity contribution < 1.29 is 9.53 Å². The maximum atomic E-state index is 13.3. The van der Waals surface area contributed by atoms with Crippen molar-refractivity contribution in [2.45, 2.75) is 59.3 Å². The zero-order valence-electron chi connectivity index (χ0n) is 21.9. The largest absolute Gasteiger partial charge is 0.494 e. The number of thioether (sulfide) groups is 1. The molecule has 0 N–H and O–H groups in total. The van der Waals surface area contributed by atoms with Crippen LogP contribution in [0.3, 0.4) is 0 Å². The molecular weight excluding hydrogens is 498 g/mol. The van der Waals surface area contributed by atoms with Crippen LogP contribution < -0.4 is 4.74 Å². The fourth-order valence-electron chi connectivity index (χ4n) is 4.33. The number of carbonyl (C=O) groups excluding carboxylic acids is 1. The number of rotatable bonds is 12. The van der Waals surface area contributed by atoms with Crippen LogP contribution in [-0.2, 0) is 4.79 Å². The summed E-state index contributed by atoms with van der Waals surface area (Å²) in [6.07, 6.45) is 10.6. The molecule has 37 heavy (non-hydrogen) atoms. The lowest BCUT2D eigenvalue weighted by Gasteiger charge is -2.13. The van der Waals surface area contributed by atoms with E-state index < -0.39 is 0 Å². The third kappa shape index (κ3) is 6.70. The van der Waals surface area contributed by atoms with E-state index in [2.05, 4.69) is 26.8 Å². The molecule has 0 aliphatic carbocycles. The molecule has 1 saturated heterocycles. The number of benzene rings is 2. The number of unbranched alkanes of at least 4 members (excludes halogenated alkanes) is 4. The molecule has 2 heterocycles. The fraction of sp³-hybridized carbons (Fsp3) is 0.367. The summed E-state index contributed by atoms with van der Waals surface area (Å²) in [7, 11) is 0. The van der Waals surface area contributed by atoms with Crippen LogP contribution in [0.15, 0.2) is 59.6 Å². The molecule has 0 radical (unpaired) electrons. The maximum Gasteiger partial charge on any atom is 0.266 e. The van der Waals surface area contributed by atoms with Gasteiger partial charge in [0.05, 0.1) is 17.2 Å². The number of hydrogen-bond donors (Lipinski definition) is 0. The number of nitrogens with zero attached hydrogens (tertiary/aromatic N) is 3. The Labute approximate surface area is 229 Å². The Hall–Kier alpha value is -2.90. The van der Waals surface area contributed by atoms with E-state index in [4.69, 9.17) is 22.1 Å². The average Bonchev–Trinajstić information content (AvgIpc) is 3.43. The number of para-hydroxylation sites is 1. The lowest BCUT2D eigenvalue weighted by atomic mass is 10.0. The normalized spacial score (nSPS) is 14.7. The Kier molecular flexibility index (Phi) is 9.58. The third-order valence-corrected chi connectivity index (χ3v) is 7.71.